The van der Waals surface area contributed by atoms with Gasteiger partial charge in [-0.25, -0.2) is 4.98 Å². The summed E-state index contributed by atoms with van der Waals surface area (Å²) in [5.41, 5.74) is 3.21. The van der Waals surface area contributed by atoms with E-state index < -0.39 is 0 Å². The summed E-state index contributed by atoms with van der Waals surface area (Å²) >= 11 is 3.52. The van der Waals surface area contributed by atoms with Crippen LogP contribution in [0.1, 0.15) is 11.1 Å². The molecule has 2 aromatic rings. The molecule has 1 aromatic heterocycles. The van der Waals surface area contributed by atoms with E-state index in [-0.39, 0.29) is 0 Å². The highest BCUT2D eigenvalue weighted by atomic mass is 79.9. The van der Waals surface area contributed by atoms with E-state index in [1.54, 1.807) is 13.2 Å². The summed E-state index contributed by atoms with van der Waals surface area (Å²) < 4.78 is 1.08. The minimum absolute atomic E-state index is 0.606. The van der Waals surface area contributed by atoms with Crippen molar-refractivity contribution in [2.24, 2.45) is 0 Å². The number of benzene rings is 1. The largest absolute Gasteiger partial charge is 0.357 e. The van der Waals surface area contributed by atoms with Crippen LogP contribution in [0.2, 0.25) is 0 Å². The van der Waals surface area contributed by atoms with E-state index >= 15 is 0 Å². The third-order valence-corrected chi connectivity index (χ3v) is 3.48. The van der Waals surface area contributed by atoms with Gasteiger partial charge in [0.05, 0.1) is 0 Å². The standard InChI is InChI=1S/C13H15BrN4/c1-8-4-5-10(6-11(8)14)17-12-9(2)7-16-13(15-3)18-12/h4-7H,1-3H3,(H2,15,16,17,18). The van der Waals surface area contributed by atoms with Crippen molar-refractivity contribution in [2.45, 2.75) is 13.8 Å². The van der Waals surface area contributed by atoms with E-state index in [0.29, 0.717) is 5.95 Å². The molecule has 0 saturated heterocycles. The average molecular weight is 307 g/mol. The first-order valence-corrected chi connectivity index (χ1v) is 6.44. The Morgan fingerprint density at radius 2 is 1.94 bits per heavy atom. The molecule has 1 aromatic carbocycles. The molecule has 4 nitrogen and oxygen atoms in total. The Kier molecular flexibility index (Phi) is 3.81. The minimum Gasteiger partial charge on any atom is -0.357 e. The van der Waals surface area contributed by atoms with E-state index in [1.165, 1.54) is 5.56 Å². The van der Waals surface area contributed by atoms with Crippen LogP contribution in [0.4, 0.5) is 17.5 Å². The smallest absolute Gasteiger partial charge is 0.224 e. The summed E-state index contributed by atoms with van der Waals surface area (Å²) in [7, 11) is 1.80. The Morgan fingerprint density at radius 1 is 1.17 bits per heavy atom. The van der Waals surface area contributed by atoms with Crippen LogP contribution in [0.25, 0.3) is 0 Å². The molecule has 0 fully saturated rings. The van der Waals surface area contributed by atoms with Crippen molar-refractivity contribution in [2.75, 3.05) is 17.7 Å². The number of aromatic nitrogens is 2. The van der Waals surface area contributed by atoms with Crippen LogP contribution in [-0.2, 0) is 0 Å². The van der Waals surface area contributed by atoms with Crippen LogP contribution in [-0.4, -0.2) is 17.0 Å². The lowest BCUT2D eigenvalue weighted by molar-refractivity contribution is 1.12. The summed E-state index contributed by atoms with van der Waals surface area (Å²) in [6.07, 6.45) is 1.80. The molecule has 0 aliphatic heterocycles. The lowest BCUT2D eigenvalue weighted by Crippen LogP contribution is -2.02. The predicted octanol–water partition coefficient (Wildman–Crippen LogP) is 3.64. The highest BCUT2D eigenvalue weighted by Gasteiger charge is 2.04. The maximum absolute atomic E-state index is 4.39. The first kappa shape index (κ1) is 12.8. The molecular weight excluding hydrogens is 292 g/mol. The van der Waals surface area contributed by atoms with Crippen molar-refractivity contribution in [3.8, 4) is 0 Å². The molecule has 0 aliphatic rings. The number of halogens is 1. The van der Waals surface area contributed by atoms with Crippen LogP contribution in [0.5, 0.6) is 0 Å². The molecule has 0 radical (unpaired) electrons. The van der Waals surface area contributed by atoms with E-state index in [9.17, 15) is 0 Å². The van der Waals surface area contributed by atoms with Gasteiger partial charge in [-0.15, -0.1) is 0 Å². The Hall–Kier alpha value is -1.62. The third-order valence-electron chi connectivity index (χ3n) is 2.63. The Balaban J connectivity index is 2.30. The van der Waals surface area contributed by atoms with Gasteiger partial charge in [0.25, 0.3) is 0 Å². The van der Waals surface area contributed by atoms with E-state index in [4.69, 9.17) is 0 Å². The minimum atomic E-state index is 0.606. The van der Waals surface area contributed by atoms with Crippen molar-refractivity contribution < 1.29 is 0 Å². The molecular formula is C13H15BrN4. The number of hydrogen-bond donors (Lipinski definition) is 2. The van der Waals surface area contributed by atoms with E-state index in [2.05, 4.69) is 49.5 Å². The molecule has 0 saturated carbocycles. The van der Waals surface area contributed by atoms with Gasteiger partial charge in [-0.05, 0) is 31.5 Å². The predicted molar refractivity (Wildman–Crippen MR) is 78.5 cm³/mol. The summed E-state index contributed by atoms with van der Waals surface area (Å²) in [5, 5.41) is 6.22. The van der Waals surface area contributed by atoms with Crippen molar-refractivity contribution in [3.05, 3.63) is 40.0 Å². The maximum Gasteiger partial charge on any atom is 0.224 e. The van der Waals surface area contributed by atoms with Crippen molar-refractivity contribution in [3.63, 3.8) is 0 Å². The van der Waals surface area contributed by atoms with Crippen LogP contribution in [0.15, 0.2) is 28.9 Å². The van der Waals surface area contributed by atoms with Gasteiger partial charge in [-0.1, -0.05) is 22.0 Å². The topological polar surface area (TPSA) is 49.8 Å². The van der Waals surface area contributed by atoms with Gasteiger partial charge in [0.2, 0.25) is 5.95 Å². The van der Waals surface area contributed by atoms with E-state index in [0.717, 1.165) is 21.5 Å². The fourth-order valence-corrected chi connectivity index (χ4v) is 1.88. The molecule has 1 heterocycles. The van der Waals surface area contributed by atoms with Crippen LogP contribution >= 0.6 is 15.9 Å². The van der Waals surface area contributed by atoms with Crippen molar-refractivity contribution in [1.82, 2.24) is 9.97 Å². The molecule has 0 atom stereocenters. The van der Waals surface area contributed by atoms with Crippen LogP contribution in [0.3, 0.4) is 0 Å². The average Bonchev–Trinajstić information content (AvgIpc) is 2.36. The van der Waals surface area contributed by atoms with Crippen LogP contribution < -0.4 is 10.6 Å². The van der Waals surface area contributed by atoms with Crippen molar-refractivity contribution >= 4 is 33.4 Å². The Labute approximate surface area is 115 Å². The molecule has 0 bridgehead atoms. The SMILES string of the molecule is CNc1ncc(C)c(Nc2ccc(C)c(Br)c2)n1. The monoisotopic (exact) mass is 306 g/mol. The normalized spacial score (nSPS) is 10.2. The number of aryl methyl sites for hydroxylation is 2. The number of nitrogens with one attached hydrogen (secondary N) is 2. The lowest BCUT2D eigenvalue weighted by atomic mass is 10.2. The first-order chi connectivity index (χ1) is 8.60. The lowest BCUT2D eigenvalue weighted by Gasteiger charge is -2.10. The van der Waals surface area contributed by atoms with Gasteiger partial charge in [-0.2, -0.15) is 4.98 Å². The Morgan fingerprint density at radius 3 is 2.61 bits per heavy atom. The zero-order valence-corrected chi connectivity index (χ0v) is 12.2. The van der Waals surface area contributed by atoms with E-state index in [1.807, 2.05) is 19.1 Å². The third kappa shape index (κ3) is 2.79. The summed E-state index contributed by atoms with van der Waals surface area (Å²) in [6, 6.07) is 6.12. The highest BCUT2D eigenvalue weighted by Crippen LogP contribution is 2.24. The zero-order chi connectivity index (χ0) is 13.1. The summed E-state index contributed by atoms with van der Waals surface area (Å²) in [4.78, 5) is 8.55. The number of anilines is 3. The molecule has 18 heavy (non-hydrogen) atoms. The molecule has 0 unspecified atom stereocenters. The van der Waals surface area contributed by atoms with Crippen LogP contribution in [0, 0.1) is 13.8 Å². The quantitative estimate of drug-likeness (QED) is 0.909. The fourth-order valence-electron chi connectivity index (χ4n) is 1.50. The summed E-state index contributed by atoms with van der Waals surface area (Å²) in [5.74, 6) is 1.42. The van der Waals surface area contributed by atoms with Gasteiger partial charge in [0.1, 0.15) is 5.82 Å². The second kappa shape index (κ2) is 5.35. The molecule has 5 heteroatoms. The highest BCUT2D eigenvalue weighted by molar-refractivity contribution is 9.10. The molecule has 0 amide bonds. The zero-order valence-electron chi connectivity index (χ0n) is 10.6. The molecule has 2 N–H and O–H groups in total. The molecule has 0 spiro atoms. The number of hydrogen-bond acceptors (Lipinski definition) is 4. The van der Waals surface area contributed by atoms with Gasteiger partial charge in [-0.3, -0.25) is 0 Å². The maximum atomic E-state index is 4.39. The van der Waals surface area contributed by atoms with Gasteiger partial charge >= 0.3 is 0 Å². The second-order valence-electron chi connectivity index (χ2n) is 4.06. The summed E-state index contributed by atoms with van der Waals surface area (Å²) in [6.45, 7) is 4.04. The number of rotatable bonds is 3. The first-order valence-electron chi connectivity index (χ1n) is 5.64. The fraction of sp³-hybridized carbons (Fsp3) is 0.231. The van der Waals surface area contributed by atoms with Gasteiger partial charge in [0.15, 0.2) is 0 Å². The molecule has 0 aliphatic carbocycles. The second-order valence-corrected chi connectivity index (χ2v) is 4.92. The number of nitrogens with zero attached hydrogens (tertiary/aromatic N) is 2. The van der Waals surface area contributed by atoms with Gasteiger partial charge in [0, 0.05) is 29.0 Å². The van der Waals surface area contributed by atoms with Crippen molar-refractivity contribution in [1.29, 1.82) is 0 Å². The molecule has 94 valence electrons. The molecule has 2 rings (SSSR count). The Bertz CT molecular complexity index is 569. The van der Waals surface area contributed by atoms with Gasteiger partial charge < -0.3 is 10.6 Å².